The topological polar surface area (TPSA) is 56.7 Å². The van der Waals surface area contributed by atoms with Crippen LogP contribution in [0.2, 0.25) is 0 Å². The molecule has 1 atom stereocenters. The first-order valence-corrected chi connectivity index (χ1v) is 10.4. The quantitative estimate of drug-likeness (QED) is 0.826. The molecule has 1 aromatic heterocycles. The number of hydrogen-bond acceptors (Lipinski definition) is 5. The molecule has 6 heteroatoms. The normalized spacial score (nSPS) is 17.0. The van der Waals surface area contributed by atoms with Crippen molar-refractivity contribution in [1.82, 2.24) is 14.8 Å². The number of aryl methyl sites for hydroxylation is 1. The zero-order chi connectivity index (χ0) is 19.4. The highest BCUT2D eigenvalue weighted by atomic mass is 32.1. The van der Waals surface area contributed by atoms with E-state index in [1.807, 2.05) is 56.1 Å². The minimum absolute atomic E-state index is 0.0681. The number of β-amino-alcohol motifs (C(OH)–C–C–N with tert-alkyl or cyclic N) is 1. The maximum absolute atomic E-state index is 12.9. The molecule has 0 saturated carbocycles. The predicted octanol–water partition coefficient (Wildman–Crippen LogP) is 3.28. The van der Waals surface area contributed by atoms with Gasteiger partial charge in [0.15, 0.2) is 0 Å². The monoisotopic (exact) mass is 387 g/mol. The average Bonchev–Trinajstić information content (AvgIpc) is 3.04. The summed E-state index contributed by atoms with van der Waals surface area (Å²) in [6, 6.07) is 10.0. The van der Waals surface area contributed by atoms with Gasteiger partial charge in [-0.1, -0.05) is 30.3 Å². The Morgan fingerprint density at radius 1 is 1.33 bits per heavy atom. The molecule has 1 fully saturated rings. The summed E-state index contributed by atoms with van der Waals surface area (Å²) in [7, 11) is 1.89. The Balaban J connectivity index is 1.59. The number of nitrogens with zero attached hydrogens (tertiary/aromatic N) is 3. The van der Waals surface area contributed by atoms with Crippen LogP contribution in [0.4, 0.5) is 0 Å². The fraction of sp³-hybridized carbons (Fsp3) is 0.524. The number of aliphatic hydroxyl groups excluding tert-OH is 1. The fourth-order valence-electron chi connectivity index (χ4n) is 3.67. The van der Waals surface area contributed by atoms with Gasteiger partial charge in [0.2, 0.25) is 0 Å². The van der Waals surface area contributed by atoms with Gasteiger partial charge in [0.1, 0.15) is 9.88 Å². The number of rotatable bonds is 6. The number of benzene rings is 1. The van der Waals surface area contributed by atoms with Gasteiger partial charge in [-0.3, -0.25) is 4.79 Å². The van der Waals surface area contributed by atoms with E-state index in [1.165, 1.54) is 11.3 Å². The summed E-state index contributed by atoms with van der Waals surface area (Å²) in [6.45, 7) is 7.26. The third-order valence-electron chi connectivity index (χ3n) is 5.12. The Bertz CT molecular complexity index is 752. The van der Waals surface area contributed by atoms with E-state index in [2.05, 4.69) is 9.88 Å². The van der Waals surface area contributed by atoms with Crippen molar-refractivity contribution in [2.45, 2.75) is 32.8 Å². The van der Waals surface area contributed by atoms with Crippen molar-refractivity contribution in [3.63, 3.8) is 0 Å². The lowest BCUT2D eigenvalue weighted by molar-refractivity contribution is 0.0706. The molecular formula is C21H29N3O2S. The van der Waals surface area contributed by atoms with Gasteiger partial charge in [-0.25, -0.2) is 4.98 Å². The van der Waals surface area contributed by atoms with E-state index in [9.17, 15) is 9.90 Å². The van der Waals surface area contributed by atoms with Gasteiger partial charge in [-0.15, -0.1) is 11.3 Å². The number of carbonyl (C=O) groups is 1. The Kier molecular flexibility index (Phi) is 6.63. The van der Waals surface area contributed by atoms with Gasteiger partial charge in [0, 0.05) is 25.7 Å². The Hall–Kier alpha value is -1.76. The van der Waals surface area contributed by atoms with Crippen LogP contribution in [0, 0.1) is 12.8 Å². The molecule has 0 unspecified atom stereocenters. The summed E-state index contributed by atoms with van der Waals surface area (Å²) in [5.41, 5.74) is 1.86. The zero-order valence-electron chi connectivity index (χ0n) is 16.4. The number of piperidine rings is 1. The molecule has 1 aromatic carbocycles. The number of aromatic nitrogens is 1. The largest absolute Gasteiger partial charge is 0.392 e. The summed E-state index contributed by atoms with van der Waals surface area (Å²) >= 11 is 1.48. The summed E-state index contributed by atoms with van der Waals surface area (Å²) in [6.07, 6.45) is 1.86. The highest BCUT2D eigenvalue weighted by Gasteiger charge is 2.25. The fourth-order valence-corrected chi connectivity index (χ4v) is 4.73. The smallest absolute Gasteiger partial charge is 0.265 e. The van der Waals surface area contributed by atoms with Crippen LogP contribution >= 0.6 is 11.3 Å². The third kappa shape index (κ3) is 5.15. The Labute approximate surface area is 165 Å². The van der Waals surface area contributed by atoms with Crippen LogP contribution in [-0.4, -0.2) is 65.1 Å². The van der Waals surface area contributed by atoms with E-state index in [0.717, 1.165) is 60.2 Å². The van der Waals surface area contributed by atoms with E-state index in [1.54, 1.807) is 0 Å². The number of thiazole rings is 1. The van der Waals surface area contributed by atoms with Crippen LogP contribution in [0.25, 0.3) is 10.6 Å². The zero-order valence-corrected chi connectivity index (χ0v) is 17.2. The van der Waals surface area contributed by atoms with Crippen molar-refractivity contribution in [3.05, 3.63) is 40.9 Å². The summed E-state index contributed by atoms with van der Waals surface area (Å²) in [4.78, 5) is 22.5. The lowest BCUT2D eigenvalue weighted by Gasteiger charge is -2.34. The second kappa shape index (κ2) is 8.95. The maximum Gasteiger partial charge on any atom is 0.265 e. The lowest BCUT2D eigenvalue weighted by Crippen LogP contribution is -2.41. The molecule has 2 heterocycles. The minimum Gasteiger partial charge on any atom is -0.392 e. The molecule has 1 amide bonds. The molecule has 1 aliphatic rings. The van der Waals surface area contributed by atoms with E-state index in [4.69, 9.17) is 0 Å². The molecule has 1 aliphatic heterocycles. The van der Waals surface area contributed by atoms with Crippen molar-refractivity contribution < 1.29 is 9.90 Å². The molecule has 0 spiro atoms. The summed E-state index contributed by atoms with van der Waals surface area (Å²) < 4.78 is 0. The first-order chi connectivity index (χ1) is 12.9. The van der Waals surface area contributed by atoms with Crippen LogP contribution in [0.15, 0.2) is 30.3 Å². The number of hydrogen-bond donors (Lipinski definition) is 1. The number of likely N-dealkylation sites (tertiary alicyclic amines) is 1. The molecule has 27 heavy (non-hydrogen) atoms. The molecule has 5 nitrogen and oxygen atoms in total. The van der Waals surface area contributed by atoms with Gasteiger partial charge in [-0.2, -0.15) is 0 Å². The van der Waals surface area contributed by atoms with Gasteiger partial charge < -0.3 is 14.9 Å². The molecule has 3 rings (SSSR count). The minimum atomic E-state index is -0.279. The number of aliphatic hydroxyl groups is 1. The Morgan fingerprint density at radius 3 is 2.63 bits per heavy atom. The molecule has 0 radical (unpaired) electrons. The number of carbonyl (C=O) groups excluding carboxylic acids is 1. The van der Waals surface area contributed by atoms with Crippen LogP contribution in [0.1, 0.15) is 35.1 Å². The van der Waals surface area contributed by atoms with Gasteiger partial charge >= 0.3 is 0 Å². The Morgan fingerprint density at radius 2 is 2.00 bits per heavy atom. The third-order valence-corrected chi connectivity index (χ3v) is 6.31. The van der Waals surface area contributed by atoms with Crippen LogP contribution < -0.4 is 0 Å². The molecule has 1 saturated heterocycles. The molecule has 0 bridgehead atoms. The summed E-state index contributed by atoms with van der Waals surface area (Å²) in [5, 5.41) is 10.4. The average molecular weight is 388 g/mol. The van der Waals surface area contributed by atoms with Crippen molar-refractivity contribution in [2.24, 2.45) is 5.92 Å². The van der Waals surface area contributed by atoms with E-state index < -0.39 is 0 Å². The SMILES string of the molecule is Cc1nc(-c2ccccc2)sc1C(=O)N(C)CC1CCN(C[C@H](C)O)CC1. The summed E-state index contributed by atoms with van der Waals surface area (Å²) in [5.74, 6) is 0.588. The second-order valence-corrected chi connectivity index (χ2v) is 8.58. The predicted molar refractivity (Wildman–Crippen MR) is 110 cm³/mol. The highest BCUT2D eigenvalue weighted by molar-refractivity contribution is 7.17. The van der Waals surface area contributed by atoms with Crippen molar-refractivity contribution in [1.29, 1.82) is 0 Å². The first kappa shape index (κ1) is 20.0. The number of amides is 1. The molecule has 2 aromatic rings. The molecule has 0 aliphatic carbocycles. The van der Waals surface area contributed by atoms with Gasteiger partial charge in [0.05, 0.1) is 11.8 Å². The lowest BCUT2D eigenvalue weighted by atomic mass is 9.96. The van der Waals surface area contributed by atoms with Crippen LogP contribution in [-0.2, 0) is 0 Å². The van der Waals surface area contributed by atoms with Crippen molar-refractivity contribution in [2.75, 3.05) is 33.2 Å². The highest BCUT2D eigenvalue weighted by Crippen LogP contribution is 2.29. The van der Waals surface area contributed by atoms with E-state index in [-0.39, 0.29) is 12.0 Å². The van der Waals surface area contributed by atoms with Crippen LogP contribution in [0.3, 0.4) is 0 Å². The standard InChI is InChI=1S/C21H29N3O2S/c1-15(25)13-24-11-9-17(10-12-24)14-23(3)21(26)19-16(2)22-20(27-19)18-7-5-4-6-8-18/h4-8,15,17,25H,9-14H2,1-3H3/t15-/m0/s1. The molecule has 1 N–H and O–H groups in total. The second-order valence-electron chi connectivity index (χ2n) is 7.58. The van der Waals surface area contributed by atoms with Gasteiger partial charge in [-0.05, 0) is 45.7 Å². The molecular weight excluding hydrogens is 358 g/mol. The van der Waals surface area contributed by atoms with Crippen molar-refractivity contribution >= 4 is 17.2 Å². The van der Waals surface area contributed by atoms with E-state index in [0.29, 0.717) is 5.92 Å². The molecule has 146 valence electrons. The maximum atomic E-state index is 12.9. The first-order valence-electron chi connectivity index (χ1n) is 9.62. The van der Waals surface area contributed by atoms with E-state index >= 15 is 0 Å². The van der Waals surface area contributed by atoms with Crippen molar-refractivity contribution in [3.8, 4) is 10.6 Å². The van der Waals surface area contributed by atoms with Crippen LogP contribution in [0.5, 0.6) is 0 Å². The van der Waals surface area contributed by atoms with Gasteiger partial charge in [0.25, 0.3) is 5.91 Å².